The summed E-state index contributed by atoms with van der Waals surface area (Å²) in [5, 5.41) is 1.08. The molecular weight excluding hydrogens is 315 g/mol. The molecule has 0 saturated carbocycles. The van der Waals surface area contributed by atoms with Crippen molar-refractivity contribution in [2.24, 2.45) is 0 Å². The summed E-state index contributed by atoms with van der Waals surface area (Å²) in [4.78, 5) is 4.68. The lowest BCUT2D eigenvalue weighted by molar-refractivity contribution is 0.612. The van der Waals surface area contributed by atoms with Gasteiger partial charge in [-0.15, -0.1) is 0 Å². The van der Waals surface area contributed by atoms with E-state index in [-0.39, 0.29) is 6.04 Å². The Bertz CT molecular complexity index is 833. The molecule has 0 bridgehead atoms. The van der Waals surface area contributed by atoms with Gasteiger partial charge in [0, 0.05) is 6.04 Å². The van der Waals surface area contributed by atoms with Crippen molar-refractivity contribution in [1.29, 1.82) is 0 Å². The van der Waals surface area contributed by atoms with Gasteiger partial charge >= 0.3 is 0 Å². The van der Waals surface area contributed by atoms with Crippen molar-refractivity contribution in [3.05, 3.63) is 63.9 Å². The van der Waals surface area contributed by atoms with Crippen molar-refractivity contribution in [1.82, 2.24) is 9.55 Å². The molecule has 0 aliphatic carbocycles. The van der Waals surface area contributed by atoms with Crippen LogP contribution in [0.3, 0.4) is 0 Å². The fourth-order valence-electron chi connectivity index (χ4n) is 2.50. The van der Waals surface area contributed by atoms with Crippen LogP contribution in [0.25, 0.3) is 23.2 Å². The van der Waals surface area contributed by atoms with Gasteiger partial charge in [-0.3, -0.25) is 0 Å². The zero-order chi connectivity index (χ0) is 15.7. The number of aromatic nitrogens is 2. The molecular formula is C18H16Cl2N2. The van der Waals surface area contributed by atoms with Crippen LogP contribution in [0.1, 0.15) is 31.3 Å². The van der Waals surface area contributed by atoms with Crippen molar-refractivity contribution in [2.45, 2.75) is 19.9 Å². The fourth-order valence-corrected chi connectivity index (χ4v) is 2.82. The lowest BCUT2D eigenvalue weighted by Gasteiger charge is -2.11. The van der Waals surface area contributed by atoms with Crippen molar-refractivity contribution in [2.75, 3.05) is 0 Å². The molecule has 22 heavy (non-hydrogen) atoms. The van der Waals surface area contributed by atoms with Crippen molar-refractivity contribution in [3.63, 3.8) is 0 Å². The minimum Gasteiger partial charge on any atom is -0.322 e. The van der Waals surface area contributed by atoms with Crippen molar-refractivity contribution >= 4 is 46.4 Å². The molecule has 112 valence electrons. The van der Waals surface area contributed by atoms with E-state index < -0.39 is 0 Å². The molecule has 0 amide bonds. The molecule has 0 aliphatic heterocycles. The number of halogens is 2. The summed E-state index contributed by atoms with van der Waals surface area (Å²) in [7, 11) is 0. The SMILES string of the molecule is CC(C)n1c(/C=C/c2ccccc2)nc2cc(Cl)c(Cl)cc21. The van der Waals surface area contributed by atoms with Gasteiger partial charge in [-0.05, 0) is 37.6 Å². The Morgan fingerprint density at radius 3 is 2.36 bits per heavy atom. The molecule has 0 radical (unpaired) electrons. The van der Waals surface area contributed by atoms with Crippen LogP contribution >= 0.6 is 23.2 Å². The average Bonchev–Trinajstić information content (AvgIpc) is 2.84. The second-order valence-electron chi connectivity index (χ2n) is 5.43. The molecule has 3 rings (SSSR count). The summed E-state index contributed by atoms with van der Waals surface area (Å²) >= 11 is 12.3. The first-order valence-electron chi connectivity index (χ1n) is 7.16. The van der Waals surface area contributed by atoms with Gasteiger partial charge in [0.25, 0.3) is 0 Å². The molecule has 0 fully saturated rings. The third-order valence-electron chi connectivity index (χ3n) is 3.50. The maximum absolute atomic E-state index is 6.16. The Kier molecular flexibility index (Phi) is 4.23. The molecule has 1 heterocycles. The van der Waals surface area contributed by atoms with Crippen LogP contribution in [0, 0.1) is 0 Å². The molecule has 0 unspecified atom stereocenters. The van der Waals surface area contributed by atoms with E-state index in [2.05, 4.69) is 41.6 Å². The Morgan fingerprint density at radius 1 is 1.00 bits per heavy atom. The lowest BCUT2D eigenvalue weighted by atomic mass is 10.2. The van der Waals surface area contributed by atoms with E-state index in [1.54, 1.807) is 0 Å². The maximum Gasteiger partial charge on any atom is 0.134 e. The third-order valence-corrected chi connectivity index (χ3v) is 4.22. The summed E-state index contributed by atoms with van der Waals surface area (Å²) in [5.74, 6) is 0.896. The highest BCUT2D eigenvalue weighted by Crippen LogP contribution is 2.30. The number of benzene rings is 2. The Hall–Kier alpha value is -1.77. The fraction of sp³-hybridized carbons (Fsp3) is 0.167. The van der Waals surface area contributed by atoms with Gasteiger partial charge in [-0.25, -0.2) is 4.98 Å². The summed E-state index contributed by atoms with van der Waals surface area (Å²) < 4.78 is 2.16. The number of fused-ring (bicyclic) bond motifs is 1. The van der Waals surface area contributed by atoms with E-state index in [1.165, 1.54) is 0 Å². The topological polar surface area (TPSA) is 17.8 Å². The predicted octanol–water partition coefficient (Wildman–Crippen LogP) is 6.09. The van der Waals surface area contributed by atoms with E-state index in [4.69, 9.17) is 23.2 Å². The minimum absolute atomic E-state index is 0.276. The molecule has 1 aromatic heterocycles. The Morgan fingerprint density at radius 2 is 1.68 bits per heavy atom. The van der Waals surface area contributed by atoms with Crippen LogP contribution < -0.4 is 0 Å². The highest BCUT2D eigenvalue weighted by atomic mass is 35.5. The number of imidazole rings is 1. The van der Waals surface area contributed by atoms with Crippen molar-refractivity contribution < 1.29 is 0 Å². The van der Waals surface area contributed by atoms with Crippen LogP contribution in [0.4, 0.5) is 0 Å². The quantitative estimate of drug-likeness (QED) is 0.567. The van der Waals surface area contributed by atoms with Gasteiger partial charge in [0.05, 0.1) is 21.1 Å². The molecule has 0 N–H and O–H groups in total. The van der Waals surface area contributed by atoms with Crippen LogP contribution in [0.15, 0.2) is 42.5 Å². The summed E-state index contributed by atoms with van der Waals surface area (Å²) in [6.07, 6.45) is 4.08. The number of hydrogen-bond acceptors (Lipinski definition) is 1. The number of nitrogens with zero attached hydrogens (tertiary/aromatic N) is 2. The highest BCUT2D eigenvalue weighted by molar-refractivity contribution is 6.42. The summed E-state index contributed by atoms with van der Waals surface area (Å²) in [6.45, 7) is 4.26. The Labute approximate surface area is 140 Å². The third kappa shape index (κ3) is 2.90. The van der Waals surface area contributed by atoms with Crippen LogP contribution in [0.5, 0.6) is 0 Å². The number of rotatable bonds is 3. The zero-order valence-electron chi connectivity index (χ0n) is 12.4. The monoisotopic (exact) mass is 330 g/mol. The van der Waals surface area contributed by atoms with E-state index in [9.17, 15) is 0 Å². The highest BCUT2D eigenvalue weighted by Gasteiger charge is 2.13. The summed E-state index contributed by atoms with van der Waals surface area (Å²) in [6, 6.07) is 14.1. The molecule has 0 spiro atoms. The molecule has 0 aliphatic rings. The average molecular weight is 331 g/mol. The molecule has 2 aromatic carbocycles. The van der Waals surface area contributed by atoms with Gasteiger partial charge in [0.1, 0.15) is 5.82 Å². The standard InChI is InChI=1S/C18H16Cl2N2/c1-12(2)22-17-11-15(20)14(19)10-16(17)21-18(22)9-8-13-6-4-3-5-7-13/h3-12H,1-2H3/b9-8+. The van der Waals surface area contributed by atoms with Crippen LogP contribution in [-0.4, -0.2) is 9.55 Å². The van der Waals surface area contributed by atoms with E-state index >= 15 is 0 Å². The molecule has 4 heteroatoms. The van der Waals surface area contributed by atoms with Crippen molar-refractivity contribution in [3.8, 4) is 0 Å². The van der Waals surface area contributed by atoms with Gasteiger partial charge in [-0.2, -0.15) is 0 Å². The molecule has 0 saturated heterocycles. The second kappa shape index (κ2) is 6.15. The predicted molar refractivity (Wildman–Crippen MR) is 95.5 cm³/mol. The van der Waals surface area contributed by atoms with Gasteiger partial charge in [-0.1, -0.05) is 59.6 Å². The van der Waals surface area contributed by atoms with Crippen LogP contribution in [-0.2, 0) is 0 Å². The number of hydrogen-bond donors (Lipinski definition) is 0. The smallest absolute Gasteiger partial charge is 0.134 e. The first kappa shape index (κ1) is 15.1. The largest absolute Gasteiger partial charge is 0.322 e. The van der Waals surface area contributed by atoms with Gasteiger partial charge in [0.15, 0.2) is 0 Å². The van der Waals surface area contributed by atoms with Gasteiger partial charge in [0.2, 0.25) is 0 Å². The first-order chi connectivity index (χ1) is 10.6. The second-order valence-corrected chi connectivity index (χ2v) is 6.25. The molecule has 2 nitrogen and oxygen atoms in total. The minimum atomic E-state index is 0.276. The molecule has 0 atom stereocenters. The first-order valence-corrected chi connectivity index (χ1v) is 7.92. The zero-order valence-corrected chi connectivity index (χ0v) is 13.9. The van der Waals surface area contributed by atoms with E-state index in [0.29, 0.717) is 10.0 Å². The van der Waals surface area contributed by atoms with E-state index in [1.807, 2.05) is 36.4 Å². The lowest BCUT2D eigenvalue weighted by Crippen LogP contribution is -2.02. The molecule has 3 aromatic rings. The normalized spacial score (nSPS) is 11.9. The Balaban J connectivity index is 2.13. The summed E-state index contributed by atoms with van der Waals surface area (Å²) in [5.41, 5.74) is 2.99. The van der Waals surface area contributed by atoms with E-state index in [0.717, 1.165) is 22.4 Å². The van der Waals surface area contributed by atoms with Crippen LogP contribution in [0.2, 0.25) is 10.0 Å². The maximum atomic E-state index is 6.16. The van der Waals surface area contributed by atoms with Gasteiger partial charge < -0.3 is 4.57 Å².